The highest BCUT2D eigenvalue weighted by Crippen LogP contribution is 2.22. The molecule has 1 aromatic rings. The molecule has 1 unspecified atom stereocenters. The van der Waals surface area contributed by atoms with Crippen molar-refractivity contribution in [3.63, 3.8) is 0 Å². The molecule has 3 N–H and O–H groups in total. The Morgan fingerprint density at radius 1 is 1.76 bits per heavy atom. The zero-order valence-electron chi connectivity index (χ0n) is 9.60. The minimum Gasteiger partial charge on any atom is -0.328 e. The van der Waals surface area contributed by atoms with Gasteiger partial charge in [0.15, 0.2) is 0 Å². The van der Waals surface area contributed by atoms with Crippen LogP contribution in [0.4, 0.5) is 5.00 Å². The largest absolute Gasteiger partial charge is 0.328 e. The van der Waals surface area contributed by atoms with E-state index in [-0.39, 0.29) is 11.9 Å². The second kappa shape index (κ2) is 7.33. The molecule has 0 fully saturated rings. The van der Waals surface area contributed by atoms with Gasteiger partial charge in [-0.05, 0) is 30.5 Å². The Hall–Kier alpha value is -1.03. The van der Waals surface area contributed by atoms with Gasteiger partial charge in [0.05, 0.1) is 11.3 Å². The molecule has 0 spiro atoms. The summed E-state index contributed by atoms with van der Waals surface area (Å²) in [5.74, 6) is 1.20. The van der Waals surface area contributed by atoms with Crippen molar-refractivity contribution in [1.29, 1.82) is 5.26 Å². The molecule has 0 bridgehead atoms. The van der Waals surface area contributed by atoms with Gasteiger partial charge in [-0.25, -0.2) is 0 Å². The number of nitrogens with zero attached hydrogens (tertiary/aromatic N) is 1. The third kappa shape index (κ3) is 5.22. The molecule has 1 heterocycles. The molecule has 1 aromatic heterocycles. The van der Waals surface area contributed by atoms with Crippen LogP contribution in [0.2, 0.25) is 0 Å². The van der Waals surface area contributed by atoms with E-state index in [1.165, 1.54) is 11.3 Å². The van der Waals surface area contributed by atoms with Crippen LogP contribution in [0.25, 0.3) is 0 Å². The Labute approximate surface area is 109 Å². The number of hydrogen-bond acceptors (Lipinski definition) is 5. The first-order valence-corrected chi connectivity index (χ1v) is 7.27. The number of anilines is 1. The quantitative estimate of drug-likeness (QED) is 0.774. The number of nitriles is 1. The number of thiophene rings is 1. The maximum Gasteiger partial charge on any atom is 0.235 e. The SMILES string of the molecule is CC(N)CCSCC(=O)Nc1sccc1C#N. The smallest absolute Gasteiger partial charge is 0.235 e. The highest BCUT2D eigenvalue weighted by atomic mass is 32.2. The topological polar surface area (TPSA) is 78.9 Å². The summed E-state index contributed by atoms with van der Waals surface area (Å²) in [4.78, 5) is 11.6. The van der Waals surface area contributed by atoms with E-state index < -0.39 is 0 Å². The van der Waals surface area contributed by atoms with Crippen LogP contribution in [0, 0.1) is 11.3 Å². The molecule has 17 heavy (non-hydrogen) atoms. The van der Waals surface area contributed by atoms with Crippen LogP contribution in [0.5, 0.6) is 0 Å². The lowest BCUT2D eigenvalue weighted by atomic mass is 10.3. The van der Waals surface area contributed by atoms with Crippen molar-refractivity contribution in [2.75, 3.05) is 16.8 Å². The van der Waals surface area contributed by atoms with Crippen molar-refractivity contribution in [3.8, 4) is 6.07 Å². The zero-order chi connectivity index (χ0) is 12.7. The molecular formula is C11H15N3OS2. The van der Waals surface area contributed by atoms with Crippen LogP contribution < -0.4 is 11.1 Å². The van der Waals surface area contributed by atoms with E-state index in [1.54, 1.807) is 23.2 Å². The molecule has 0 radical (unpaired) electrons. The molecule has 1 rings (SSSR count). The van der Waals surface area contributed by atoms with E-state index in [2.05, 4.69) is 5.32 Å². The van der Waals surface area contributed by atoms with Crippen molar-refractivity contribution in [2.45, 2.75) is 19.4 Å². The molecule has 0 saturated heterocycles. The molecule has 0 aliphatic rings. The number of amides is 1. The highest BCUT2D eigenvalue weighted by Gasteiger charge is 2.08. The van der Waals surface area contributed by atoms with Crippen molar-refractivity contribution < 1.29 is 4.79 Å². The van der Waals surface area contributed by atoms with Gasteiger partial charge in [0.2, 0.25) is 5.91 Å². The minimum atomic E-state index is -0.0707. The predicted octanol–water partition coefficient (Wildman–Crippen LogP) is 2.03. The van der Waals surface area contributed by atoms with E-state index in [9.17, 15) is 4.79 Å². The number of nitrogens with two attached hydrogens (primary N) is 1. The Balaban J connectivity index is 2.28. The summed E-state index contributed by atoms with van der Waals surface area (Å²) in [6.45, 7) is 1.95. The molecule has 4 nitrogen and oxygen atoms in total. The van der Waals surface area contributed by atoms with E-state index in [1.807, 2.05) is 13.0 Å². The van der Waals surface area contributed by atoms with Crippen molar-refractivity contribution in [3.05, 3.63) is 17.0 Å². The van der Waals surface area contributed by atoms with E-state index in [0.717, 1.165) is 12.2 Å². The number of carbonyl (C=O) groups excluding carboxylic acids is 1. The molecule has 0 aromatic carbocycles. The zero-order valence-corrected chi connectivity index (χ0v) is 11.2. The fourth-order valence-electron chi connectivity index (χ4n) is 1.09. The summed E-state index contributed by atoms with van der Waals surface area (Å²) in [7, 11) is 0. The van der Waals surface area contributed by atoms with Gasteiger partial charge in [-0.15, -0.1) is 11.3 Å². The first kappa shape index (κ1) is 14.0. The van der Waals surface area contributed by atoms with E-state index in [4.69, 9.17) is 11.0 Å². The summed E-state index contributed by atoms with van der Waals surface area (Å²) >= 11 is 2.92. The summed E-state index contributed by atoms with van der Waals surface area (Å²) in [6, 6.07) is 3.91. The third-order valence-corrected chi connectivity index (χ3v) is 3.81. The number of hydrogen-bond donors (Lipinski definition) is 2. The number of thioether (sulfide) groups is 1. The normalized spacial score (nSPS) is 11.8. The van der Waals surface area contributed by atoms with Gasteiger partial charge in [-0.2, -0.15) is 17.0 Å². The number of carbonyl (C=O) groups is 1. The Morgan fingerprint density at radius 2 is 2.53 bits per heavy atom. The average molecular weight is 269 g/mol. The van der Waals surface area contributed by atoms with Gasteiger partial charge < -0.3 is 11.1 Å². The van der Waals surface area contributed by atoms with Crippen LogP contribution in [0.3, 0.4) is 0 Å². The van der Waals surface area contributed by atoms with Gasteiger partial charge in [0.1, 0.15) is 11.1 Å². The van der Waals surface area contributed by atoms with Gasteiger partial charge in [0.25, 0.3) is 0 Å². The average Bonchev–Trinajstić information content (AvgIpc) is 2.71. The molecule has 0 saturated carbocycles. The minimum absolute atomic E-state index is 0.0707. The summed E-state index contributed by atoms with van der Waals surface area (Å²) in [5, 5.41) is 13.9. The van der Waals surface area contributed by atoms with Crippen LogP contribution in [-0.4, -0.2) is 23.5 Å². The predicted molar refractivity (Wildman–Crippen MR) is 73.3 cm³/mol. The van der Waals surface area contributed by atoms with Gasteiger partial charge >= 0.3 is 0 Å². The van der Waals surface area contributed by atoms with Crippen molar-refractivity contribution in [2.24, 2.45) is 5.73 Å². The Morgan fingerprint density at radius 3 is 3.18 bits per heavy atom. The van der Waals surface area contributed by atoms with E-state index >= 15 is 0 Å². The van der Waals surface area contributed by atoms with Crippen molar-refractivity contribution in [1.82, 2.24) is 0 Å². The lowest BCUT2D eigenvalue weighted by Gasteiger charge is -2.05. The van der Waals surface area contributed by atoms with Crippen LogP contribution in [-0.2, 0) is 4.79 Å². The number of nitrogens with one attached hydrogen (secondary N) is 1. The molecule has 0 aliphatic carbocycles. The maximum absolute atomic E-state index is 11.6. The monoisotopic (exact) mass is 269 g/mol. The van der Waals surface area contributed by atoms with Gasteiger partial charge in [-0.1, -0.05) is 0 Å². The van der Waals surface area contributed by atoms with E-state index in [0.29, 0.717) is 16.3 Å². The number of rotatable bonds is 6. The Kier molecular flexibility index (Phi) is 6.05. The molecule has 92 valence electrons. The standard InChI is InChI=1S/C11H15N3OS2/c1-8(13)2-4-16-7-10(15)14-11-9(6-12)3-5-17-11/h3,5,8H,2,4,7,13H2,1H3,(H,14,15). The summed E-state index contributed by atoms with van der Waals surface area (Å²) < 4.78 is 0. The molecule has 6 heteroatoms. The fourth-order valence-corrected chi connectivity index (χ4v) is 2.78. The second-order valence-corrected chi connectivity index (χ2v) is 5.66. The molecule has 1 atom stereocenters. The van der Waals surface area contributed by atoms with Crippen molar-refractivity contribution >= 4 is 34.0 Å². The second-order valence-electron chi connectivity index (χ2n) is 3.64. The molecule has 1 amide bonds. The maximum atomic E-state index is 11.6. The first-order valence-electron chi connectivity index (χ1n) is 5.24. The van der Waals surface area contributed by atoms with Crippen LogP contribution in [0.15, 0.2) is 11.4 Å². The third-order valence-electron chi connectivity index (χ3n) is 1.99. The highest BCUT2D eigenvalue weighted by molar-refractivity contribution is 7.99. The lowest BCUT2D eigenvalue weighted by molar-refractivity contribution is -0.113. The fraction of sp³-hybridized carbons (Fsp3) is 0.455. The Bertz CT molecular complexity index is 409. The van der Waals surface area contributed by atoms with Crippen LogP contribution >= 0.6 is 23.1 Å². The summed E-state index contributed by atoms with van der Waals surface area (Å²) in [6.07, 6.45) is 0.903. The lowest BCUT2D eigenvalue weighted by Crippen LogP contribution is -2.17. The van der Waals surface area contributed by atoms with Crippen LogP contribution in [0.1, 0.15) is 18.9 Å². The molecule has 0 aliphatic heterocycles. The van der Waals surface area contributed by atoms with Gasteiger partial charge in [0, 0.05) is 6.04 Å². The first-order chi connectivity index (χ1) is 8.13. The van der Waals surface area contributed by atoms with Gasteiger partial charge in [-0.3, -0.25) is 4.79 Å². The molecular weight excluding hydrogens is 254 g/mol. The summed E-state index contributed by atoms with van der Waals surface area (Å²) in [5.41, 5.74) is 6.13.